The van der Waals surface area contributed by atoms with Gasteiger partial charge >= 0.3 is 0 Å². The van der Waals surface area contributed by atoms with E-state index in [-0.39, 0.29) is 4.90 Å². The number of sulfonamides is 1. The fourth-order valence-electron chi connectivity index (χ4n) is 1.79. The van der Waals surface area contributed by atoms with Crippen molar-refractivity contribution in [1.82, 2.24) is 4.98 Å². The average Bonchev–Trinajstić information content (AvgIpc) is 2.35. The van der Waals surface area contributed by atoms with E-state index in [0.717, 1.165) is 26.5 Å². The molecule has 0 unspecified atom stereocenters. The summed E-state index contributed by atoms with van der Waals surface area (Å²) in [5.41, 5.74) is 1.84. The maximum Gasteiger partial charge on any atom is 0.238 e. The Morgan fingerprint density at radius 2 is 1.95 bits per heavy atom. The number of hydrogen-bond acceptors (Lipinski definition) is 3. The van der Waals surface area contributed by atoms with Crippen LogP contribution in [0.3, 0.4) is 0 Å². The third-order valence-corrected chi connectivity index (χ3v) is 4.44. The van der Waals surface area contributed by atoms with E-state index >= 15 is 0 Å². The molecule has 2 rings (SSSR count). The van der Waals surface area contributed by atoms with Gasteiger partial charge in [0.2, 0.25) is 10.0 Å². The molecule has 1 heterocycles. The minimum absolute atomic E-state index is 0.106. The van der Waals surface area contributed by atoms with E-state index < -0.39 is 10.0 Å². The van der Waals surface area contributed by atoms with E-state index in [9.17, 15) is 8.42 Å². The molecule has 0 amide bonds. The summed E-state index contributed by atoms with van der Waals surface area (Å²) in [7, 11) is -3.69. The number of pyridine rings is 1. The van der Waals surface area contributed by atoms with E-state index in [1.165, 1.54) is 6.07 Å². The Bertz CT molecular complexity index is 778. The summed E-state index contributed by atoms with van der Waals surface area (Å²) in [4.78, 5) is 4.46. The first-order valence-electron chi connectivity index (χ1n) is 5.55. The first-order chi connectivity index (χ1) is 8.80. The monoisotopic (exact) mass is 340 g/mol. The molecule has 2 aromatic rings. The van der Waals surface area contributed by atoms with Crippen LogP contribution in [0, 0.1) is 0 Å². The van der Waals surface area contributed by atoms with Crippen molar-refractivity contribution >= 4 is 42.3 Å². The summed E-state index contributed by atoms with van der Waals surface area (Å²) in [6.07, 6.45) is 1.66. The molecule has 0 aliphatic carbocycles. The molecule has 0 aliphatic heterocycles. The van der Waals surface area contributed by atoms with Gasteiger partial charge in [0, 0.05) is 11.6 Å². The number of hydrogen-bond donors (Lipinski definition) is 1. The average molecular weight is 341 g/mol. The lowest BCUT2D eigenvalue weighted by atomic mass is 10.1. The topological polar surface area (TPSA) is 73.0 Å². The van der Waals surface area contributed by atoms with E-state index in [1.54, 1.807) is 24.4 Å². The van der Waals surface area contributed by atoms with Crippen molar-refractivity contribution < 1.29 is 8.42 Å². The zero-order valence-electron chi connectivity index (χ0n) is 10.5. The molecular weight excluding hydrogens is 328 g/mol. The van der Waals surface area contributed by atoms with Crippen LogP contribution in [-0.2, 0) is 10.0 Å². The van der Waals surface area contributed by atoms with Crippen LogP contribution in [0.5, 0.6) is 0 Å². The number of aromatic nitrogens is 1. The van der Waals surface area contributed by atoms with Crippen LogP contribution in [0.4, 0.5) is 0 Å². The molecule has 0 saturated carbocycles. The highest BCUT2D eigenvalue weighted by Crippen LogP contribution is 2.28. The Morgan fingerprint density at radius 3 is 2.53 bits per heavy atom. The molecule has 2 N–H and O–H groups in total. The van der Waals surface area contributed by atoms with Crippen LogP contribution in [0.1, 0.15) is 19.5 Å². The van der Waals surface area contributed by atoms with Crippen molar-refractivity contribution in [2.75, 3.05) is 0 Å². The molecular formula is C13H13BrN2O2S. The first-order valence-corrected chi connectivity index (χ1v) is 7.89. The minimum atomic E-state index is -3.69. The standard InChI is InChI=1S/C13H13BrN2O2S/c1-8(9(2)14)13-12-4-3-11(19(15,17)18)7-10(12)5-6-16-13/h3-7H,1-2H3,(H2,15,17,18). The molecule has 0 radical (unpaired) electrons. The molecule has 19 heavy (non-hydrogen) atoms. The van der Waals surface area contributed by atoms with Gasteiger partial charge < -0.3 is 0 Å². The Labute approximate surface area is 120 Å². The number of rotatable bonds is 2. The normalized spacial score (nSPS) is 13.5. The fourth-order valence-corrected chi connectivity index (χ4v) is 2.53. The zero-order chi connectivity index (χ0) is 14.2. The molecule has 100 valence electrons. The lowest BCUT2D eigenvalue weighted by Crippen LogP contribution is -2.11. The van der Waals surface area contributed by atoms with Crippen molar-refractivity contribution in [2.24, 2.45) is 5.14 Å². The summed E-state index contributed by atoms with van der Waals surface area (Å²) in [5, 5.41) is 6.82. The number of benzene rings is 1. The summed E-state index contributed by atoms with van der Waals surface area (Å²) in [5.74, 6) is 0. The van der Waals surface area contributed by atoms with Crippen molar-refractivity contribution in [1.29, 1.82) is 0 Å². The molecule has 0 saturated heterocycles. The lowest BCUT2D eigenvalue weighted by molar-refractivity contribution is 0.598. The van der Waals surface area contributed by atoms with Crippen LogP contribution in [0.25, 0.3) is 16.3 Å². The third-order valence-electron chi connectivity index (χ3n) is 2.94. The van der Waals surface area contributed by atoms with Crippen molar-refractivity contribution in [3.63, 3.8) is 0 Å². The first kappa shape index (κ1) is 14.2. The van der Waals surface area contributed by atoms with E-state index in [1.807, 2.05) is 13.8 Å². The molecule has 0 fully saturated rings. The molecule has 1 aromatic heterocycles. The van der Waals surface area contributed by atoms with Crippen LogP contribution >= 0.6 is 15.9 Å². The third kappa shape index (κ3) is 2.86. The predicted molar refractivity (Wildman–Crippen MR) is 80.3 cm³/mol. The molecule has 6 heteroatoms. The number of nitrogens with two attached hydrogens (primary N) is 1. The highest BCUT2D eigenvalue weighted by molar-refractivity contribution is 9.11. The molecule has 0 aliphatic rings. The summed E-state index contributed by atoms with van der Waals surface area (Å²) < 4.78 is 23.7. The van der Waals surface area contributed by atoms with Gasteiger partial charge in [-0.2, -0.15) is 0 Å². The van der Waals surface area contributed by atoms with E-state index in [2.05, 4.69) is 20.9 Å². The minimum Gasteiger partial charge on any atom is -0.256 e. The van der Waals surface area contributed by atoms with Gasteiger partial charge in [0.15, 0.2) is 0 Å². The second-order valence-corrected chi connectivity index (χ2v) is 7.00. The van der Waals surface area contributed by atoms with Gasteiger partial charge in [-0.05, 0) is 47.5 Å². The van der Waals surface area contributed by atoms with Crippen LogP contribution in [-0.4, -0.2) is 13.4 Å². The number of allylic oxidation sites excluding steroid dienone is 2. The lowest BCUT2D eigenvalue weighted by Gasteiger charge is -2.08. The Morgan fingerprint density at radius 1 is 1.26 bits per heavy atom. The van der Waals surface area contributed by atoms with Crippen LogP contribution in [0.15, 0.2) is 39.8 Å². The van der Waals surface area contributed by atoms with Crippen molar-refractivity contribution in [2.45, 2.75) is 18.7 Å². The van der Waals surface area contributed by atoms with Gasteiger partial charge in [-0.1, -0.05) is 22.0 Å². The predicted octanol–water partition coefficient (Wildman–Crippen LogP) is 3.03. The Balaban J connectivity index is 2.77. The van der Waals surface area contributed by atoms with E-state index in [4.69, 9.17) is 5.14 Å². The summed E-state index contributed by atoms with van der Waals surface area (Å²) in [6, 6.07) is 6.56. The number of fused-ring (bicyclic) bond motifs is 1. The quantitative estimate of drug-likeness (QED) is 0.912. The summed E-state index contributed by atoms with van der Waals surface area (Å²) >= 11 is 3.43. The fraction of sp³-hybridized carbons (Fsp3) is 0.154. The van der Waals surface area contributed by atoms with Gasteiger partial charge in [0.05, 0.1) is 10.6 Å². The largest absolute Gasteiger partial charge is 0.256 e. The van der Waals surface area contributed by atoms with Gasteiger partial charge in [-0.15, -0.1) is 0 Å². The van der Waals surface area contributed by atoms with Gasteiger partial charge in [0.1, 0.15) is 0 Å². The summed E-state index contributed by atoms with van der Waals surface area (Å²) in [6.45, 7) is 3.90. The number of halogens is 1. The Kier molecular flexibility index (Phi) is 3.75. The van der Waals surface area contributed by atoms with Gasteiger partial charge in [-0.25, -0.2) is 13.6 Å². The molecule has 0 atom stereocenters. The zero-order valence-corrected chi connectivity index (χ0v) is 12.9. The second-order valence-electron chi connectivity index (χ2n) is 4.25. The number of nitrogens with zero attached hydrogens (tertiary/aromatic N) is 1. The molecule has 0 spiro atoms. The smallest absolute Gasteiger partial charge is 0.238 e. The van der Waals surface area contributed by atoms with Crippen LogP contribution in [0.2, 0.25) is 0 Å². The highest BCUT2D eigenvalue weighted by Gasteiger charge is 2.11. The molecule has 4 nitrogen and oxygen atoms in total. The molecule has 1 aromatic carbocycles. The van der Waals surface area contributed by atoms with Crippen molar-refractivity contribution in [3.8, 4) is 0 Å². The Hall–Kier alpha value is -1.24. The highest BCUT2D eigenvalue weighted by atomic mass is 79.9. The number of primary sulfonamides is 1. The maximum absolute atomic E-state index is 11.3. The SMILES string of the molecule is CC(Br)=C(C)c1nccc2cc(S(N)(=O)=O)ccc12. The molecule has 0 bridgehead atoms. The second kappa shape index (κ2) is 5.03. The van der Waals surface area contributed by atoms with E-state index in [0.29, 0.717) is 0 Å². The van der Waals surface area contributed by atoms with Crippen molar-refractivity contribution in [3.05, 3.63) is 40.6 Å². The van der Waals surface area contributed by atoms with Gasteiger partial charge in [0.25, 0.3) is 0 Å². The maximum atomic E-state index is 11.3. The van der Waals surface area contributed by atoms with Crippen LogP contribution < -0.4 is 5.14 Å². The van der Waals surface area contributed by atoms with Gasteiger partial charge in [-0.3, -0.25) is 4.98 Å².